The van der Waals surface area contributed by atoms with Gasteiger partial charge in [0.1, 0.15) is 40.8 Å². The van der Waals surface area contributed by atoms with Gasteiger partial charge in [0.15, 0.2) is 0 Å². The highest BCUT2D eigenvalue weighted by Gasteiger charge is 2.56. The van der Waals surface area contributed by atoms with Crippen molar-refractivity contribution in [3.05, 3.63) is 47.3 Å². The Balaban J connectivity index is 1.33. The molecular weight excluding hydrogens is 540 g/mol. The Morgan fingerprint density at radius 2 is 1.97 bits per heavy atom. The van der Waals surface area contributed by atoms with E-state index in [1.807, 2.05) is 6.07 Å². The van der Waals surface area contributed by atoms with Gasteiger partial charge in [-0.25, -0.2) is 15.0 Å². The molecule has 1 saturated heterocycles. The van der Waals surface area contributed by atoms with Crippen LogP contribution in [0.5, 0.6) is 0 Å². The maximum absolute atomic E-state index is 13.7. The van der Waals surface area contributed by atoms with E-state index in [1.54, 1.807) is 39.8 Å². The Kier molecular flexibility index (Phi) is 5.55. The third-order valence-electron chi connectivity index (χ3n) is 6.94. The van der Waals surface area contributed by atoms with E-state index < -0.39 is 6.04 Å². The summed E-state index contributed by atoms with van der Waals surface area (Å²) in [6.45, 7) is 1.42. The average molecular weight is 563 g/mol. The number of amides is 3. The quantitative estimate of drug-likeness (QED) is 0.316. The number of nitrogens with one attached hydrogen (secondary N) is 2. The first-order chi connectivity index (χ1) is 17.8. The van der Waals surface area contributed by atoms with Gasteiger partial charge in [0, 0.05) is 24.0 Å². The number of pyridine rings is 1. The fraction of sp³-hybridized carbons (Fsp3) is 0.280. The summed E-state index contributed by atoms with van der Waals surface area (Å²) in [6, 6.07) is 10.1. The van der Waals surface area contributed by atoms with Crippen LogP contribution in [-0.2, 0) is 20.9 Å². The first-order valence-electron chi connectivity index (χ1n) is 11.8. The summed E-state index contributed by atoms with van der Waals surface area (Å²) >= 11 is 3.31. The number of nitrogens with two attached hydrogens (primary N) is 1. The van der Waals surface area contributed by atoms with Crippen molar-refractivity contribution in [2.45, 2.75) is 38.4 Å². The van der Waals surface area contributed by atoms with Gasteiger partial charge in [0.05, 0.1) is 10.9 Å². The van der Waals surface area contributed by atoms with Crippen LogP contribution in [0.2, 0.25) is 0 Å². The smallest absolute Gasteiger partial charge is 0.248 e. The maximum Gasteiger partial charge on any atom is 0.248 e. The number of rotatable bonds is 5. The molecule has 12 heteroatoms. The molecule has 4 N–H and O–H groups in total. The van der Waals surface area contributed by atoms with Gasteiger partial charge in [-0.3, -0.25) is 14.4 Å². The van der Waals surface area contributed by atoms with Crippen molar-refractivity contribution in [3.8, 4) is 0 Å². The second-order valence-corrected chi connectivity index (χ2v) is 10.2. The molecule has 0 radical (unpaired) electrons. The van der Waals surface area contributed by atoms with E-state index in [2.05, 4.69) is 41.5 Å². The average Bonchev–Trinajstić information content (AvgIpc) is 3.39. The van der Waals surface area contributed by atoms with Gasteiger partial charge in [0.25, 0.3) is 0 Å². The standard InChI is InChI=1S/C25H23BrN8O3/c1-12(35)30-14-5-6-16-15(9-14)22-23(27)28-11-29-24(22)33(16)10-21(36)34-17-7-13(17)8-18(34)25(37)32-20-4-2-3-19(26)31-20/h2-6,9,11,13,17-18H,7-8,10H2,1H3,(H,30,35)(H2,27,28,29)(H,31,32,37)/t13?,17-,18+/m1/s1. The largest absolute Gasteiger partial charge is 0.383 e. The first-order valence-corrected chi connectivity index (χ1v) is 12.6. The molecule has 0 spiro atoms. The Hall–Kier alpha value is -4.06. The molecule has 2 aliphatic rings. The molecule has 6 rings (SSSR count). The van der Waals surface area contributed by atoms with E-state index in [1.165, 1.54) is 13.3 Å². The molecular formula is C25H23BrN8O3. The number of benzene rings is 1. The zero-order valence-corrected chi connectivity index (χ0v) is 21.4. The molecule has 4 heterocycles. The number of fused-ring (bicyclic) bond motifs is 4. The Morgan fingerprint density at radius 1 is 1.14 bits per heavy atom. The molecule has 0 bridgehead atoms. The highest BCUT2D eigenvalue weighted by Crippen LogP contribution is 2.48. The van der Waals surface area contributed by atoms with E-state index >= 15 is 0 Å². The predicted molar refractivity (Wildman–Crippen MR) is 141 cm³/mol. The lowest BCUT2D eigenvalue weighted by Crippen LogP contribution is -2.46. The minimum Gasteiger partial charge on any atom is -0.383 e. The number of carbonyl (C=O) groups excluding carboxylic acids is 3. The summed E-state index contributed by atoms with van der Waals surface area (Å²) in [5, 5.41) is 6.96. The molecule has 1 aliphatic heterocycles. The number of nitrogen functional groups attached to an aromatic ring is 1. The van der Waals surface area contributed by atoms with E-state index in [0.717, 1.165) is 17.3 Å². The highest BCUT2D eigenvalue weighted by atomic mass is 79.9. The maximum atomic E-state index is 13.7. The number of piperidine rings is 1. The lowest BCUT2D eigenvalue weighted by Gasteiger charge is -2.27. The molecule has 4 aromatic rings. The molecule has 37 heavy (non-hydrogen) atoms. The number of likely N-dealkylation sites (tertiary alicyclic amines) is 1. The van der Waals surface area contributed by atoms with Crippen molar-refractivity contribution in [2.24, 2.45) is 5.92 Å². The number of nitrogens with zero attached hydrogens (tertiary/aromatic N) is 5. The van der Waals surface area contributed by atoms with Crippen molar-refractivity contribution < 1.29 is 14.4 Å². The highest BCUT2D eigenvalue weighted by molar-refractivity contribution is 9.10. The Labute approximate surface area is 219 Å². The van der Waals surface area contributed by atoms with Gasteiger partial charge in [0.2, 0.25) is 17.7 Å². The van der Waals surface area contributed by atoms with Gasteiger partial charge in [-0.1, -0.05) is 6.07 Å². The third kappa shape index (κ3) is 4.16. The van der Waals surface area contributed by atoms with Crippen LogP contribution < -0.4 is 16.4 Å². The van der Waals surface area contributed by atoms with Crippen molar-refractivity contribution in [1.29, 1.82) is 0 Å². The molecule has 11 nitrogen and oxygen atoms in total. The number of hydrogen-bond donors (Lipinski definition) is 3. The summed E-state index contributed by atoms with van der Waals surface area (Å²) in [7, 11) is 0. The second kappa shape index (κ2) is 8.80. The lowest BCUT2D eigenvalue weighted by atomic mass is 10.1. The van der Waals surface area contributed by atoms with Gasteiger partial charge in [-0.05, 0) is 65.0 Å². The van der Waals surface area contributed by atoms with Crippen LogP contribution >= 0.6 is 15.9 Å². The lowest BCUT2D eigenvalue weighted by molar-refractivity contribution is -0.138. The number of halogens is 1. The summed E-state index contributed by atoms with van der Waals surface area (Å²) in [4.78, 5) is 53.0. The van der Waals surface area contributed by atoms with Crippen LogP contribution in [-0.4, -0.2) is 54.2 Å². The Morgan fingerprint density at radius 3 is 2.76 bits per heavy atom. The van der Waals surface area contributed by atoms with Crippen molar-refractivity contribution in [3.63, 3.8) is 0 Å². The third-order valence-corrected chi connectivity index (χ3v) is 7.39. The minimum atomic E-state index is -0.573. The normalized spacial score (nSPS) is 20.2. The van der Waals surface area contributed by atoms with Gasteiger partial charge >= 0.3 is 0 Å². The van der Waals surface area contributed by atoms with Crippen molar-refractivity contribution in [2.75, 3.05) is 16.4 Å². The van der Waals surface area contributed by atoms with Crippen LogP contribution in [0.1, 0.15) is 19.8 Å². The molecule has 1 aliphatic carbocycles. The summed E-state index contributed by atoms with van der Waals surface area (Å²) in [5.41, 5.74) is 8.06. The monoisotopic (exact) mass is 562 g/mol. The molecule has 3 aromatic heterocycles. The first kappa shape index (κ1) is 23.3. The number of carbonyl (C=O) groups is 3. The van der Waals surface area contributed by atoms with Gasteiger partial charge in [-0.15, -0.1) is 0 Å². The summed E-state index contributed by atoms with van der Waals surface area (Å²) < 4.78 is 2.41. The fourth-order valence-electron chi connectivity index (χ4n) is 5.33. The molecule has 1 aromatic carbocycles. The van der Waals surface area contributed by atoms with E-state index in [-0.39, 0.29) is 36.1 Å². The van der Waals surface area contributed by atoms with Gasteiger partial charge < -0.3 is 25.8 Å². The zero-order chi connectivity index (χ0) is 25.8. The summed E-state index contributed by atoms with van der Waals surface area (Å²) in [6.07, 6.45) is 2.88. The molecule has 3 atom stereocenters. The topological polar surface area (TPSA) is 148 Å². The molecule has 1 saturated carbocycles. The van der Waals surface area contributed by atoms with Crippen LogP contribution in [0.15, 0.2) is 47.3 Å². The van der Waals surface area contributed by atoms with Crippen LogP contribution in [0.4, 0.5) is 17.3 Å². The fourth-order valence-corrected chi connectivity index (χ4v) is 5.68. The van der Waals surface area contributed by atoms with Gasteiger partial charge in [-0.2, -0.15) is 0 Å². The summed E-state index contributed by atoms with van der Waals surface area (Å²) in [5.74, 6) is 0.416. The SMILES string of the molecule is CC(=O)Nc1ccc2c(c1)c1c(N)ncnc1n2CC(=O)N1[C@@H]2CC2C[C@H]1C(=O)Nc1cccc(Br)n1. The van der Waals surface area contributed by atoms with Crippen LogP contribution in [0.3, 0.4) is 0 Å². The number of aromatic nitrogens is 4. The second-order valence-electron chi connectivity index (χ2n) is 9.41. The van der Waals surface area contributed by atoms with Crippen molar-refractivity contribution >= 4 is 72.9 Å². The molecule has 188 valence electrons. The number of anilines is 3. The molecule has 2 fully saturated rings. The van der Waals surface area contributed by atoms with Crippen LogP contribution in [0, 0.1) is 5.92 Å². The van der Waals surface area contributed by atoms with E-state index in [4.69, 9.17) is 5.73 Å². The Bertz CT molecular complexity index is 1600. The number of hydrogen-bond acceptors (Lipinski definition) is 7. The van der Waals surface area contributed by atoms with E-state index in [0.29, 0.717) is 39.5 Å². The predicted octanol–water partition coefficient (Wildman–Crippen LogP) is 2.91. The minimum absolute atomic E-state index is 0.0158. The molecule has 3 amide bonds. The van der Waals surface area contributed by atoms with Crippen LogP contribution in [0.25, 0.3) is 21.9 Å². The van der Waals surface area contributed by atoms with Crippen molar-refractivity contribution in [1.82, 2.24) is 24.4 Å². The zero-order valence-electron chi connectivity index (χ0n) is 19.8. The molecule has 1 unspecified atom stereocenters. The van der Waals surface area contributed by atoms with E-state index in [9.17, 15) is 14.4 Å².